The van der Waals surface area contributed by atoms with Gasteiger partial charge in [-0.15, -0.1) is 0 Å². The van der Waals surface area contributed by atoms with E-state index in [-0.39, 0.29) is 39.1 Å². The largest absolute Gasteiger partial charge is 0.543 e. The summed E-state index contributed by atoms with van der Waals surface area (Å²) in [5.41, 5.74) is 6.84. The summed E-state index contributed by atoms with van der Waals surface area (Å²) in [4.78, 5) is 52.1. The Morgan fingerprint density at radius 1 is 0.792 bits per heavy atom. The van der Waals surface area contributed by atoms with Gasteiger partial charge in [-0.3, -0.25) is 19.2 Å². The molecule has 0 aliphatic rings. The van der Waals surface area contributed by atoms with Gasteiger partial charge < -0.3 is 25.0 Å². The van der Waals surface area contributed by atoms with Crippen LogP contribution >= 0.6 is 45.9 Å². The number of carbonyl (C=O) groups is 4. The summed E-state index contributed by atoms with van der Waals surface area (Å²) in [7, 11) is -3.79. The SMILES string of the molecule is CC(C)(C)[Si](C)(C)Oc1cccc(CC(=O)Nc2nc(Cl)c(C=O)s2)c1.CC(C)(C)[Si](C)(C)Oc1cccc(CC(=O)O)c1.Nc1nc(Cl)c(C=O)s1. The maximum absolute atomic E-state index is 12.2. The lowest BCUT2D eigenvalue weighted by molar-refractivity contribution is -0.136. The molecule has 2 aromatic heterocycles. The Hall–Kier alpha value is -3.61. The summed E-state index contributed by atoms with van der Waals surface area (Å²) in [5.74, 6) is 0.514. The molecule has 0 atom stereocenters. The third-order valence-electron chi connectivity index (χ3n) is 8.57. The van der Waals surface area contributed by atoms with Crippen LogP contribution in [0.2, 0.25) is 46.6 Å². The van der Waals surface area contributed by atoms with Gasteiger partial charge in [0, 0.05) is 0 Å². The number of carboxylic acid groups (broad SMARTS) is 1. The first-order chi connectivity index (χ1) is 24.4. The number of carbonyl (C=O) groups excluding carboxylic acids is 3. The number of hydrogen-bond acceptors (Lipinski definition) is 11. The van der Waals surface area contributed by atoms with Crippen LogP contribution in [0.1, 0.15) is 72.0 Å². The van der Waals surface area contributed by atoms with Crippen molar-refractivity contribution >= 4 is 97.2 Å². The van der Waals surface area contributed by atoms with E-state index in [2.05, 4.69) is 83.0 Å². The van der Waals surface area contributed by atoms with E-state index in [1.54, 1.807) is 0 Å². The van der Waals surface area contributed by atoms with Crippen molar-refractivity contribution in [2.45, 2.75) is 90.6 Å². The van der Waals surface area contributed by atoms with Crippen LogP contribution in [-0.2, 0) is 22.4 Å². The van der Waals surface area contributed by atoms with Crippen LogP contribution in [0.15, 0.2) is 48.5 Å². The number of amides is 1. The van der Waals surface area contributed by atoms with Crippen LogP contribution in [-0.4, -0.2) is 56.2 Å². The minimum atomic E-state index is -1.93. The minimum Gasteiger partial charge on any atom is -0.543 e. The number of aromatic nitrogens is 2. The van der Waals surface area contributed by atoms with E-state index in [9.17, 15) is 19.2 Å². The summed E-state index contributed by atoms with van der Waals surface area (Å²) in [6, 6.07) is 15.0. The maximum Gasteiger partial charge on any atom is 0.307 e. The third-order valence-corrected chi connectivity index (χ3v) is 19.8. The second-order valence-electron chi connectivity index (χ2n) is 14.9. The highest BCUT2D eigenvalue weighted by molar-refractivity contribution is 7.18. The number of benzene rings is 2. The lowest BCUT2D eigenvalue weighted by Gasteiger charge is -2.36. The van der Waals surface area contributed by atoms with Crippen molar-refractivity contribution in [3.8, 4) is 11.5 Å². The molecule has 0 saturated heterocycles. The molecule has 2 aromatic carbocycles. The fourth-order valence-electron chi connectivity index (χ4n) is 3.70. The monoisotopic (exact) mass is 838 g/mol. The van der Waals surface area contributed by atoms with Crippen molar-refractivity contribution in [2.75, 3.05) is 11.1 Å². The molecule has 0 saturated carbocycles. The van der Waals surface area contributed by atoms with Crippen LogP contribution in [0.3, 0.4) is 0 Å². The number of nitrogen functional groups attached to an aromatic ring is 1. The first-order valence-electron chi connectivity index (χ1n) is 16.4. The Bertz CT molecular complexity index is 1890. The Balaban J connectivity index is 0.000000309. The smallest absolute Gasteiger partial charge is 0.307 e. The molecule has 11 nitrogen and oxygen atoms in total. The zero-order valence-corrected chi connectivity index (χ0v) is 36.8. The molecule has 4 N–H and O–H groups in total. The predicted octanol–water partition coefficient (Wildman–Crippen LogP) is 10.1. The van der Waals surface area contributed by atoms with Gasteiger partial charge in [-0.05, 0) is 71.7 Å². The zero-order valence-electron chi connectivity index (χ0n) is 31.6. The van der Waals surface area contributed by atoms with E-state index in [1.807, 2.05) is 48.5 Å². The van der Waals surface area contributed by atoms with E-state index in [4.69, 9.17) is 42.9 Å². The van der Waals surface area contributed by atoms with Gasteiger partial charge in [0.05, 0.1) is 12.8 Å². The van der Waals surface area contributed by atoms with Gasteiger partial charge >= 0.3 is 5.97 Å². The molecule has 4 aromatic rings. The molecule has 0 aliphatic carbocycles. The average Bonchev–Trinajstić information content (AvgIpc) is 3.54. The number of thiazole rings is 2. The molecule has 2 heterocycles. The van der Waals surface area contributed by atoms with E-state index in [1.165, 1.54) is 0 Å². The third kappa shape index (κ3) is 14.6. The molecular formula is C36H48Cl2N4O7S2Si2. The summed E-state index contributed by atoms with van der Waals surface area (Å²) in [6.07, 6.45) is 1.48. The van der Waals surface area contributed by atoms with Crippen molar-refractivity contribution in [3.05, 3.63) is 79.7 Å². The van der Waals surface area contributed by atoms with Gasteiger partial charge in [-0.1, -0.05) is 112 Å². The Labute approximate surface area is 331 Å². The molecule has 17 heteroatoms. The van der Waals surface area contributed by atoms with Gasteiger partial charge in [0.25, 0.3) is 0 Å². The lowest BCUT2D eigenvalue weighted by atomic mass is 10.1. The number of aliphatic carboxylic acids is 1. The van der Waals surface area contributed by atoms with Crippen molar-refractivity contribution in [1.29, 1.82) is 0 Å². The van der Waals surface area contributed by atoms with Crippen LogP contribution < -0.4 is 19.9 Å². The molecule has 0 fully saturated rings. The number of hydrogen-bond donors (Lipinski definition) is 3. The van der Waals surface area contributed by atoms with Gasteiger partial charge in [-0.2, -0.15) is 0 Å². The predicted molar refractivity (Wildman–Crippen MR) is 222 cm³/mol. The van der Waals surface area contributed by atoms with E-state index < -0.39 is 22.6 Å². The van der Waals surface area contributed by atoms with Crippen molar-refractivity contribution in [3.63, 3.8) is 0 Å². The lowest BCUT2D eigenvalue weighted by Crippen LogP contribution is -2.43. The fraction of sp³-hybridized carbons (Fsp3) is 0.389. The number of rotatable bonds is 11. The zero-order chi connectivity index (χ0) is 40.4. The summed E-state index contributed by atoms with van der Waals surface area (Å²) in [5, 5.41) is 12.6. The first kappa shape index (κ1) is 45.6. The molecule has 4 rings (SSSR count). The molecule has 0 aliphatic heterocycles. The molecule has 0 unspecified atom stereocenters. The Kier molecular flexibility index (Phi) is 16.4. The van der Waals surface area contributed by atoms with E-state index in [0.29, 0.717) is 32.6 Å². The number of halogens is 2. The number of carboxylic acids is 1. The van der Waals surface area contributed by atoms with Gasteiger partial charge in [-0.25, -0.2) is 9.97 Å². The molecule has 1 amide bonds. The van der Waals surface area contributed by atoms with Crippen LogP contribution in [0.25, 0.3) is 0 Å². The molecular weight excluding hydrogens is 792 g/mol. The molecule has 0 spiro atoms. The number of aldehydes is 2. The topological polar surface area (TPSA) is 171 Å². The highest BCUT2D eigenvalue weighted by atomic mass is 35.5. The van der Waals surface area contributed by atoms with Crippen LogP contribution in [0.5, 0.6) is 11.5 Å². The quantitative estimate of drug-likeness (QED) is 0.0975. The molecule has 0 bridgehead atoms. The van der Waals surface area contributed by atoms with Gasteiger partial charge in [0.15, 0.2) is 33.1 Å². The fourth-order valence-corrected chi connectivity index (χ4v) is 7.57. The van der Waals surface area contributed by atoms with Crippen molar-refractivity contribution in [2.24, 2.45) is 0 Å². The molecule has 53 heavy (non-hydrogen) atoms. The van der Waals surface area contributed by atoms with Crippen molar-refractivity contribution in [1.82, 2.24) is 9.97 Å². The Morgan fingerprint density at radius 3 is 1.58 bits per heavy atom. The highest BCUT2D eigenvalue weighted by Gasteiger charge is 2.39. The summed E-state index contributed by atoms with van der Waals surface area (Å²) < 4.78 is 12.4. The van der Waals surface area contributed by atoms with Gasteiger partial charge in [0.2, 0.25) is 22.5 Å². The molecule has 0 radical (unpaired) electrons. The maximum atomic E-state index is 12.2. The summed E-state index contributed by atoms with van der Waals surface area (Å²) >= 11 is 13.4. The number of nitrogens with one attached hydrogen (secondary N) is 1. The number of nitrogens with two attached hydrogens (primary N) is 1. The van der Waals surface area contributed by atoms with Crippen molar-refractivity contribution < 1.29 is 33.1 Å². The standard InChI is InChI=1S/C18H23ClN2O3SSi.C14H22O3Si.C4H3ClN2OS/c1-18(2,3)26(4,5)24-13-8-6-7-12(9-13)10-15(23)20-17-21-16(19)14(11-22)25-17;1-14(2,3)18(4,5)17-12-8-6-7-11(9-12)10-13(15)16;5-3-2(1-8)9-4(6)7-3/h6-9,11H,10H2,1-5H3,(H,20,21,23);6-9H,10H2,1-5H3,(H,15,16);1H,(H2,6,7). The second kappa shape index (κ2) is 19.1. The summed E-state index contributed by atoms with van der Waals surface area (Å²) in [6.45, 7) is 21.8. The van der Waals surface area contributed by atoms with E-state index in [0.717, 1.165) is 45.3 Å². The normalized spacial score (nSPS) is 11.6. The first-order valence-corrected chi connectivity index (χ1v) is 24.6. The van der Waals surface area contributed by atoms with Crippen LogP contribution in [0.4, 0.5) is 10.3 Å². The number of nitrogens with zero attached hydrogens (tertiary/aromatic N) is 2. The minimum absolute atomic E-state index is 0.0364. The second-order valence-corrected chi connectivity index (χ2v) is 27.2. The average molecular weight is 840 g/mol. The van der Waals surface area contributed by atoms with Gasteiger partial charge in [0.1, 0.15) is 21.3 Å². The van der Waals surface area contributed by atoms with Crippen LogP contribution in [0, 0.1) is 0 Å². The molecule has 288 valence electrons. The van der Waals surface area contributed by atoms with E-state index >= 15 is 0 Å². The number of anilines is 2. The highest BCUT2D eigenvalue weighted by Crippen LogP contribution is 2.38. The Morgan fingerprint density at radius 2 is 1.23 bits per heavy atom.